The van der Waals surface area contributed by atoms with Gasteiger partial charge in [0.1, 0.15) is 0 Å². The van der Waals surface area contributed by atoms with Crippen molar-refractivity contribution in [3.8, 4) is 23.0 Å². The minimum Gasteiger partial charge on any atom is -0.477 e. The Morgan fingerprint density at radius 1 is 0.710 bits per heavy atom. The molecule has 0 saturated heterocycles. The van der Waals surface area contributed by atoms with Gasteiger partial charge in [-0.1, -0.05) is 15.9 Å². The maximum absolute atomic E-state index is 11.6. The van der Waals surface area contributed by atoms with E-state index in [9.17, 15) is 9.59 Å². The molecule has 0 aliphatic carbocycles. The summed E-state index contributed by atoms with van der Waals surface area (Å²) in [5.74, 6) is -0.149. The highest BCUT2D eigenvalue weighted by molar-refractivity contribution is 9.15. The number of benzene rings is 2. The molecule has 168 valence electrons. The Balaban J connectivity index is 2.57. The third kappa shape index (κ3) is 6.83. The fourth-order valence-electron chi connectivity index (χ4n) is 2.05. The maximum Gasteiger partial charge on any atom is 0.343 e. The number of rotatable bonds is 8. The van der Waals surface area contributed by atoms with Gasteiger partial charge in [-0.05, 0) is 91.8 Å². The van der Waals surface area contributed by atoms with E-state index in [2.05, 4.69) is 105 Å². The van der Waals surface area contributed by atoms with E-state index < -0.39 is 11.9 Å². The Hall–Kier alpha value is -0.340. The van der Waals surface area contributed by atoms with Crippen molar-refractivity contribution in [3.05, 3.63) is 39.0 Å². The van der Waals surface area contributed by atoms with Gasteiger partial charge < -0.3 is 23.7 Å². The zero-order valence-electron chi connectivity index (χ0n) is 15.7. The van der Waals surface area contributed by atoms with Gasteiger partial charge in [-0.2, -0.15) is 0 Å². The zero-order valence-corrected chi connectivity index (χ0v) is 25.2. The minimum atomic E-state index is -0.569. The van der Waals surface area contributed by atoms with Crippen LogP contribution in [-0.4, -0.2) is 39.4 Å². The molecule has 13 heteroatoms. The summed E-state index contributed by atoms with van der Waals surface area (Å²) in [5.41, 5.74) is 0. The summed E-state index contributed by atoms with van der Waals surface area (Å²) in [5, 5.41) is 0. The molecule has 0 saturated carbocycles. The molecule has 7 nitrogen and oxygen atoms in total. The average molecular weight is 820 g/mol. The molecule has 0 N–H and O–H groups in total. The van der Waals surface area contributed by atoms with E-state index in [4.69, 9.17) is 14.2 Å². The number of ether oxygens (including phenoxy) is 5. The SMILES string of the molecule is COC(=O)COc1c(Br)cc(Br)cc1Oc1c(Br)c(Br)c(Br)c(Br)c1OCC(=O)OC. The van der Waals surface area contributed by atoms with Crippen LogP contribution >= 0.6 is 95.6 Å². The number of carbonyl (C=O) groups excluding carboxylic acids is 2. The van der Waals surface area contributed by atoms with Gasteiger partial charge in [-0.15, -0.1) is 0 Å². The first kappa shape index (κ1) is 26.9. The first-order chi connectivity index (χ1) is 14.6. The summed E-state index contributed by atoms with van der Waals surface area (Å²) in [6.07, 6.45) is 0. The number of hydrogen-bond acceptors (Lipinski definition) is 7. The van der Waals surface area contributed by atoms with Gasteiger partial charge in [0.25, 0.3) is 0 Å². The molecule has 0 atom stereocenters. The number of hydrogen-bond donors (Lipinski definition) is 0. The van der Waals surface area contributed by atoms with Crippen molar-refractivity contribution in [1.82, 2.24) is 0 Å². The average Bonchev–Trinajstić information content (AvgIpc) is 2.74. The Kier molecular flexibility index (Phi) is 10.6. The van der Waals surface area contributed by atoms with E-state index in [0.29, 0.717) is 26.8 Å². The van der Waals surface area contributed by atoms with Gasteiger partial charge in [0.15, 0.2) is 36.2 Å². The number of halogens is 6. The molecule has 0 radical (unpaired) electrons. The second kappa shape index (κ2) is 12.2. The Labute approximate surface area is 228 Å². The molecule has 31 heavy (non-hydrogen) atoms. The largest absolute Gasteiger partial charge is 0.477 e. The molecule has 0 aliphatic heterocycles. The molecule has 0 amide bonds. The summed E-state index contributed by atoms with van der Waals surface area (Å²) in [4.78, 5) is 23.2. The van der Waals surface area contributed by atoms with Gasteiger partial charge in [-0.25, -0.2) is 9.59 Å². The smallest absolute Gasteiger partial charge is 0.343 e. The lowest BCUT2D eigenvalue weighted by molar-refractivity contribution is -0.143. The van der Waals surface area contributed by atoms with Crippen LogP contribution in [0.1, 0.15) is 0 Å². The van der Waals surface area contributed by atoms with Crippen molar-refractivity contribution in [3.63, 3.8) is 0 Å². The van der Waals surface area contributed by atoms with Crippen molar-refractivity contribution >= 4 is 108 Å². The first-order valence-corrected chi connectivity index (χ1v) is 12.8. The van der Waals surface area contributed by atoms with Crippen molar-refractivity contribution in [2.45, 2.75) is 0 Å². The van der Waals surface area contributed by atoms with Crippen molar-refractivity contribution in [2.75, 3.05) is 27.4 Å². The Bertz CT molecular complexity index is 1010. The van der Waals surface area contributed by atoms with Gasteiger partial charge in [0.05, 0.1) is 36.6 Å². The first-order valence-electron chi connectivity index (χ1n) is 8.02. The van der Waals surface area contributed by atoms with E-state index in [1.54, 1.807) is 12.1 Å². The van der Waals surface area contributed by atoms with Crippen molar-refractivity contribution in [1.29, 1.82) is 0 Å². The van der Waals surface area contributed by atoms with E-state index in [-0.39, 0.29) is 36.2 Å². The standard InChI is InChI=1S/C18H12Br6O7/c1-27-10(25)5-29-16-8(20)3-7(19)4-9(16)31-18-15(24)13(22)12(21)14(23)17(18)30-6-11(26)28-2/h3-4H,5-6H2,1-2H3. The van der Waals surface area contributed by atoms with Crippen LogP contribution in [0.2, 0.25) is 0 Å². The lowest BCUT2D eigenvalue weighted by Gasteiger charge is -2.20. The summed E-state index contributed by atoms with van der Waals surface area (Å²) >= 11 is 20.6. The van der Waals surface area contributed by atoms with Crippen LogP contribution in [0.5, 0.6) is 23.0 Å². The summed E-state index contributed by atoms with van der Waals surface area (Å²) < 4.78 is 30.1. The zero-order chi connectivity index (χ0) is 23.3. The number of carbonyl (C=O) groups is 2. The Morgan fingerprint density at radius 3 is 1.71 bits per heavy atom. The third-order valence-electron chi connectivity index (χ3n) is 3.49. The topological polar surface area (TPSA) is 80.3 Å². The predicted molar refractivity (Wildman–Crippen MR) is 134 cm³/mol. The van der Waals surface area contributed by atoms with Crippen LogP contribution in [-0.2, 0) is 19.1 Å². The lowest BCUT2D eigenvalue weighted by atomic mass is 10.3. The molecule has 2 aromatic rings. The molecule has 0 bridgehead atoms. The minimum absolute atomic E-state index is 0.224. The number of esters is 2. The van der Waals surface area contributed by atoms with Crippen molar-refractivity contribution in [2.24, 2.45) is 0 Å². The van der Waals surface area contributed by atoms with E-state index in [1.165, 1.54) is 14.2 Å². The van der Waals surface area contributed by atoms with Gasteiger partial charge in [0.2, 0.25) is 0 Å². The third-order valence-corrected chi connectivity index (χ3v) is 9.24. The van der Waals surface area contributed by atoms with E-state index in [1.807, 2.05) is 0 Å². The quantitative estimate of drug-likeness (QED) is 0.159. The Morgan fingerprint density at radius 2 is 1.19 bits per heavy atom. The summed E-state index contributed by atoms with van der Waals surface area (Å²) in [7, 11) is 2.52. The second-order valence-electron chi connectivity index (χ2n) is 5.46. The van der Waals surface area contributed by atoms with Gasteiger partial charge in [-0.3, -0.25) is 0 Å². The fraction of sp³-hybridized carbons (Fsp3) is 0.222. The summed E-state index contributed by atoms with van der Waals surface area (Å²) in [6, 6.07) is 3.38. The van der Waals surface area contributed by atoms with Crippen LogP contribution in [0, 0.1) is 0 Å². The van der Waals surface area contributed by atoms with Crippen molar-refractivity contribution < 1.29 is 33.3 Å². The fourth-order valence-corrected chi connectivity index (χ4v) is 5.60. The van der Waals surface area contributed by atoms with Crippen LogP contribution in [0.25, 0.3) is 0 Å². The summed E-state index contributed by atoms with van der Waals surface area (Å²) in [6.45, 7) is -0.673. The van der Waals surface area contributed by atoms with Crippen LogP contribution in [0.15, 0.2) is 39.0 Å². The van der Waals surface area contributed by atoms with Gasteiger partial charge in [0, 0.05) is 4.47 Å². The molecular formula is C18H12Br6O7. The molecule has 0 spiro atoms. The highest BCUT2D eigenvalue weighted by atomic mass is 79.9. The molecule has 2 rings (SSSR count). The molecule has 0 fully saturated rings. The van der Waals surface area contributed by atoms with Crippen LogP contribution in [0.3, 0.4) is 0 Å². The lowest BCUT2D eigenvalue weighted by Crippen LogP contribution is -2.14. The molecular weight excluding hydrogens is 808 g/mol. The molecule has 2 aromatic carbocycles. The molecule has 0 aliphatic rings. The van der Waals surface area contributed by atoms with Crippen LogP contribution < -0.4 is 14.2 Å². The van der Waals surface area contributed by atoms with E-state index in [0.717, 1.165) is 0 Å². The molecule has 0 unspecified atom stereocenters. The normalized spacial score (nSPS) is 10.5. The predicted octanol–water partition coefficient (Wildman–Crippen LogP) is 7.16. The molecule has 0 heterocycles. The monoisotopic (exact) mass is 814 g/mol. The highest BCUT2D eigenvalue weighted by Gasteiger charge is 2.25. The van der Waals surface area contributed by atoms with Crippen LogP contribution in [0.4, 0.5) is 0 Å². The number of methoxy groups -OCH3 is 2. The maximum atomic E-state index is 11.6. The highest BCUT2D eigenvalue weighted by Crippen LogP contribution is 2.53. The van der Waals surface area contributed by atoms with E-state index >= 15 is 0 Å². The second-order valence-corrected chi connectivity index (χ2v) is 10.4. The molecule has 0 aromatic heterocycles. The van der Waals surface area contributed by atoms with Gasteiger partial charge >= 0.3 is 11.9 Å².